The number of fused-ring (bicyclic) bond motifs is 1. The van der Waals surface area contributed by atoms with Crippen molar-refractivity contribution >= 4 is 28.6 Å². The Kier molecular flexibility index (Phi) is 7.36. The van der Waals surface area contributed by atoms with Crippen molar-refractivity contribution in [1.29, 1.82) is 0 Å². The Bertz CT molecular complexity index is 1750. The Labute approximate surface area is 230 Å². The number of ether oxygens (including phenoxy) is 1. The largest absolute Gasteiger partial charge is 0.481 e. The first-order chi connectivity index (χ1) is 19.4. The summed E-state index contributed by atoms with van der Waals surface area (Å²) < 4.78 is 6.87. The summed E-state index contributed by atoms with van der Waals surface area (Å²) in [7, 11) is 1.54. The number of para-hydroxylation sites is 1. The molecule has 40 heavy (non-hydrogen) atoms. The lowest BCUT2D eigenvalue weighted by molar-refractivity contribution is 0.0956. The van der Waals surface area contributed by atoms with Gasteiger partial charge in [-0.25, -0.2) is 15.0 Å². The number of aromatic nitrogens is 5. The molecular formula is C29H28N8O3. The quantitative estimate of drug-likeness (QED) is 0.269. The number of benzene rings is 2. The number of nitrogens with zero attached hydrogens (tertiary/aromatic N) is 5. The maximum atomic E-state index is 14.3. The molecule has 5 aromatic rings. The third-order valence-corrected chi connectivity index (χ3v) is 6.32. The number of amides is 1. The zero-order valence-electron chi connectivity index (χ0n) is 22.3. The van der Waals surface area contributed by atoms with E-state index in [1.54, 1.807) is 30.0 Å². The van der Waals surface area contributed by atoms with Gasteiger partial charge in [-0.05, 0) is 49.2 Å². The predicted octanol–water partition coefficient (Wildman–Crippen LogP) is 3.75. The molecule has 0 aliphatic rings. The number of nitrogens with two attached hydrogens (primary N) is 1. The number of methoxy groups -OCH3 is 1. The molecule has 2 aromatic carbocycles. The minimum atomic E-state index is -0.565. The van der Waals surface area contributed by atoms with E-state index in [9.17, 15) is 9.59 Å². The van der Waals surface area contributed by atoms with Crippen molar-refractivity contribution in [2.24, 2.45) is 0 Å². The average Bonchev–Trinajstić information content (AvgIpc) is 2.97. The summed E-state index contributed by atoms with van der Waals surface area (Å²) in [6, 6.07) is 17.8. The normalized spacial score (nSPS) is 11.7. The van der Waals surface area contributed by atoms with Crippen LogP contribution >= 0.6 is 0 Å². The van der Waals surface area contributed by atoms with Crippen molar-refractivity contribution in [2.75, 3.05) is 24.7 Å². The first-order valence-corrected chi connectivity index (χ1v) is 12.7. The summed E-state index contributed by atoms with van der Waals surface area (Å²) in [5.41, 5.74) is 8.46. The van der Waals surface area contributed by atoms with Crippen LogP contribution in [-0.4, -0.2) is 44.1 Å². The molecule has 0 unspecified atom stereocenters. The van der Waals surface area contributed by atoms with Gasteiger partial charge in [0, 0.05) is 25.0 Å². The lowest BCUT2D eigenvalue weighted by Gasteiger charge is -2.21. The number of hydrogen-bond acceptors (Lipinski definition) is 9. The number of carbonyl (C=O) groups is 1. The molecule has 0 aliphatic carbocycles. The number of nitrogen functional groups attached to an aromatic ring is 1. The molecule has 4 N–H and O–H groups in total. The Balaban J connectivity index is 1.70. The van der Waals surface area contributed by atoms with Gasteiger partial charge >= 0.3 is 0 Å². The highest BCUT2D eigenvalue weighted by Gasteiger charge is 2.23. The molecule has 0 bridgehead atoms. The van der Waals surface area contributed by atoms with Gasteiger partial charge in [-0.3, -0.25) is 14.2 Å². The third-order valence-electron chi connectivity index (χ3n) is 6.32. The fourth-order valence-electron chi connectivity index (χ4n) is 4.49. The smallest absolute Gasteiger partial charge is 0.266 e. The molecule has 3 aromatic heterocycles. The highest BCUT2D eigenvalue weighted by atomic mass is 16.5. The maximum Gasteiger partial charge on any atom is 0.266 e. The molecule has 0 radical (unpaired) electrons. The highest BCUT2D eigenvalue weighted by Crippen LogP contribution is 2.29. The van der Waals surface area contributed by atoms with E-state index in [1.807, 2.05) is 62.4 Å². The summed E-state index contributed by atoms with van der Waals surface area (Å²) in [6.45, 7) is 4.09. The lowest BCUT2D eigenvalue weighted by Crippen LogP contribution is -2.29. The number of rotatable bonds is 8. The predicted molar refractivity (Wildman–Crippen MR) is 154 cm³/mol. The zero-order valence-corrected chi connectivity index (χ0v) is 22.3. The van der Waals surface area contributed by atoms with Crippen LogP contribution in [0.25, 0.3) is 27.7 Å². The minimum absolute atomic E-state index is 0.00656. The van der Waals surface area contributed by atoms with Gasteiger partial charge in [0.25, 0.3) is 11.5 Å². The van der Waals surface area contributed by atoms with E-state index in [4.69, 9.17) is 15.5 Å². The fraction of sp³-hybridized carbons (Fsp3) is 0.172. The first kappa shape index (κ1) is 26.3. The molecule has 3 heterocycles. The number of anilines is 2. The highest BCUT2D eigenvalue weighted by molar-refractivity contribution is 5.98. The molecule has 11 heteroatoms. The van der Waals surface area contributed by atoms with E-state index in [1.165, 1.54) is 6.20 Å². The molecule has 0 aliphatic heterocycles. The SMILES string of the molecule is CCNC(=O)c1cnc(N)nc1N[C@@H](C)c1nc2cccc(-c3ccnc(OC)c3)c2c(=O)n1-c1ccccc1. The second-order valence-electron chi connectivity index (χ2n) is 8.95. The van der Waals surface area contributed by atoms with E-state index in [2.05, 4.69) is 25.6 Å². The molecule has 0 spiro atoms. The van der Waals surface area contributed by atoms with Crippen LogP contribution in [0.2, 0.25) is 0 Å². The van der Waals surface area contributed by atoms with Crippen LogP contribution in [0.5, 0.6) is 5.88 Å². The molecule has 11 nitrogen and oxygen atoms in total. The van der Waals surface area contributed by atoms with E-state index in [0.717, 1.165) is 5.56 Å². The number of pyridine rings is 1. The lowest BCUT2D eigenvalue weighted by atomic mass is 10.0. The van der Waals surface area contributed by atoms with Gasteiger partial charge < -0.3 is 21.1 Å². The maximum absolute atomic E-state index is 14.3. The van der Waals surface area contributed by atoms with Crippen LogP contribution < -0.4 is 26.7 Å². The van der Waals surface area contributed by atoms with Gasteiger partial charge in [0.1, 0.15) is 17.2 Å². The van der Waals surface area contributed by atoms with Crippen LogP contribution in [0.15, 0.2) is 77.9 Å². The molecule has 1 atom stereocenters. The van der Waals surface area contributed by atoms with Crippen molar-refractivity contribution in [3.63, 3.8) is 0 Å². The van der Waals surface area contributed by atoms with E-state index in [0.29, 0.717) is 40.4 Å². The van der Waals surface area contributed by atoms with Gasteiger partial charge in [0.2, 0.25) is 11.8 Å². The van der Waals surface area contributed by atoms with E-state index in [-0.39, 0.29) is 28.8 Å². The molecule has 0 fully saturated rings. The summed E-state index contributed by atoms with van der Waals surface area (Å²) in [5, 5.41) is 6.43. The number of hydrogen-bond donors (Lipinski definition) is 3. The molecule has 0 saturated heterocycles. The van der Waals surface area contributed by atoms with Gasteiger partial charge in [-0.15, -0.1) is 0 Å². The molecule has 5 rings (SSSR count). The fourth-order valence-corrected chi connectivity index (χ4v) is 4.49. The Morgan fingerprint density at radius 1 is 1.07 bits per heavy atom. The van der Waals surface area contributed by atoms with Crippen molar-refractivity contribution < 1.29 is 9.53 Å². The van der Waals surface area contributed by atoms with Crippen molar-refractivity contribution in [3.05, 3.63) is 94.8 Å². The monoisotopic (exact) mass is 536 g/mol. The number of nitrogens with one attached hydrogen (secondary N) is 2. The standard InChI is InChI=1S/C29H28N8O3/c1-4-31-27(38)21-16-33-29(30)36-25(21)34-17(2)26-35-22-12-8-11-20(18-13-14-32-23(15-18)40-3)24(22)28(39)37(26)19-9-6-5-7-10-19/h5-17H,4H2,1-3H3,(H,31,38)(H3,30,33,34,36)/t17-/m0/s1. The van der Waals surface area contributed by atoms with Crippen molar-refractivity contribution in [1.82, 2.24) is 29.8 Å². The Morgan fingerprint density at radius 2 is 1.88 bits per heavy atom. The molecule has 1 amide bonds. The average molecular weight is 537 g/mol. The zero-order chi connectivity index (χ0) is 28.2. The Morgan fingerprint density at radius 3 is 2.62 bits per heavy atom. The molecular weight excluding hydrogens is 508 g/mol. The summed E-state index contributed by atoms with van der Waals surface area (Å²) in [5.74, 6) is 0.755. The van der Waals surface area contributed by atoms with E-state index >= 15 is 0 Å². The number of carbonyl (C=O) groups excluding carboxylic acids is 1. The van der Waals surface area contributed by atoms with Crippen LogP contribution in [0.4, 0.5) is 11.8 Å². The van der Waals surface area contributed by atoms with Crippen LogP contribution in [0.3, 0.4) is 0 Å². The van der Waals surface area contributed by atoms with Crippen LogP contribution in [0, 0.1) is 0 Å². The summed E-state index contributed by atoms with van der Waals surface area (Å²) >= 11 is 0. The van der Waals surface area contributed by atoms with Crippen LogP contribution in [0.1, 0.15) is 36.1 Å². The van der Waals surface area contributed by atoms with Gasteiger partial charge in [-0.1, -0.05) is 30.3 Å². The first-order valence-electron chi connectivity index (χ1n) is 12.7. The van der Waals surface area contributed by atoms with Crippen LogP contribution in [-0.2, 0) is 0 Å². The topological polar surface area (TPSA) is 150 Å². The minimum Gasteiger partial charge on any atom is -0.481 e. The van der Waals surface area contributed by atoms with Crippen molar-refractivity contribution in [2.45, 2.75) is 19.9 Å². The second kappa shape index (κ2) is 11.2. The Hall–Kier alpha value is -5.32. The molecule has 0 saturated carbocycles. The van der Waals surface area contributed by atoms with E-state index < -0.39 is 6.04 Å². The summed E-state index contributed by atoms with van der Waals surface area (Å²) in [6.07, 6.45) is 3.01. The second-order valence-corrected chi connectivity index (χ2v) is 8.95. The summed E-state index contributed by atoms with van der Waals surface area (Å²) in [4.78, 5) is 44.4. The van der Waals surface area contributed by atoms with Gasteiger partial charge in [0.15, 0.2) is 0 Å². The van der Waals surface area contributed by atoms with Crippen molar-refractivity contribution in [3.8, 4) is 22.7 Å². The molecule has 202 valence electrons. The van der Waals surface area contributed by atoms with Gasteiger partial charge in [0.05, 0.1) is 29.7 Å². The van der Waals surface area contributed by atoms with Gasteiger partial charge in [-0.2, -0.15) is 4.98 Å². The third kappa shape index (κ3) is 5.04.